The molecular formula is C18H27N3O3. The van der Waals surface area contributed by atoms with E-state index in [4.69, 9.17) is 0 Å². The van der Waals surface area contributed by atoms with Crippen molar-refractivity contribution in [1.82, 2.24) is 15.5 Å². The Hall–Kier alpha value is -1.92. The number of carbonyl (C=O) groups is 2. The summed E-state index contributed by atoms with van der Waals surface area (Å²) in [5.74, 6) is 0.122. The number of hydrogen-bond acceptors (Lipinski definition) is 4. The van der Waals surface area contributed by atoms with Crippen molar-refractivity contribution in [2.75, 3.05) is 32.7 Å². The fraction of sp³-hybridized carbons (Fsp3) is 0.556. The Morgan fingerprint density at radius 2 is 1.79 bits per heavy atom. The zero-order chi connectivity index (χ0) is 17.4. The fourth-order valence-electron chi connectivity index (χ4n) is 3.05. The molecule has 1 fully saturated rings. The molecule has 1 aromatic carbocycles. The molecule has 0 aromatic heterocycles. The maximum Gasteiger partial charge on any atom is 0.234 e. The molecule has 3 N–H and O–H groups in total. The number of nitrogens with one attached hydrogen (secondary N) is 2. The smallest absolute Gasteiger partial charge is 0.234 e. The third-order valence-corrected chi connectivity index (χ3v) is 4.41. The van der Waals surface area contributed by atoms with E-state index in [0.29, 0.717) is 19.6 Å². The van der Waals surface area contributed by atoms with Gasteiger partial charge in [-0.3, -0.25) is 14.5 Å². The minimum atomic E-state index is -0.431. The van der Waals surface area contributed by atoms with Crippen LogP contribution in [0.3, 0.4) is 0 Å². The highest BCUT2D eigenvalue weighted by Gasteiger charge is 2.26. The van der Waals surface area contributed by atoms with Gasteiger partial charge in [-0.2, -0.15) is 0 Å². The molecule has 1 unspecified atom stereocenters. The van der Waals surface area contributed by atoms with Gasteiger partial charge in [0.15, 0.2) is 0 Å². The number of piperidine rings is 1. The highest BCUT2D eigenvalue weighted by atomic mass is 16.3. The van der Waals surface area contributed by atoms with Crippen LogP contribution in [-0.4, -0.2) is 54.5 Å². The molecular weight excluding hydrogens is 306 g/mol. The number of amides is 2. The highest BCUT2D eigenvalue weighted by molar-refractivity contribution is 5.78. The topological polar surface area (TPSA) is 81.7 Å². The molecule has 0 saturated carbocycles. The quantitative estimate of drug-likeness (QED) is 0.641. The third kappa shape index (κ3) is 5.94. The SMILES string of the molecule is CC(=O)NCCNC(=O)CN1CCC(C(O)c2ccccc2)CC1. The number of aliphatic hydroxyl groups is 1. The lowest BCUT2D eigenvalue weighted by Crippen LogP contribution is -2.43. The highest BCUT2D eigenvalue weighted by Crippen LogP contribution is 2.30. The van der Waals surface area contributed by atoms with Crippen molar-refractivity contribution in [3.8, 4) is 0 Å². The molecule has 1 saturated heterocycles. The van der Waals surface area contributed by atoms with Gasteiger partial charge in [0.2, 0.25) is 11.8 Å². The van der Waals surface area contributed by atoms with Crippen molar-refractivity contribution in [3.05, 3.63) is 35.9 Å². The summed E-state index contributed by atoms with van der Waals surface area (Å²) in [7, 11) is 0. The number of likely N-dealkylation sites (tertiary alicyclic amines) is 1. The minimum absolute atomic E-state index is 0.0255. The Morgan fingerprint density at radius 3 is 2.42 bits per heavy atom. The van der Waals surface area contributed by atoms with Crippen LogP contribution in [0.15, 0.2) is 30.3 Å². The van der Waals surface area contributed by atoms with Gasteiger partial charge in [0.05, 0.1) is 12.6 Å². The molecule has 1 aliphatic rings. The Morgan fingerprint density at radius 1 is 1.17 bits per heavy atom. The van der Waals surface area contributed by atoms with Gasteiger partial charge in [0.25, 0.3) is 0 Å². The molecule has 6 nitrogen and oxygen atoms in total. The molecule has 0 radical (unpaired) electrons. The van der Waals surface area contributed by atoms with E-state index in [1.54, 1.807) is 0 Å². The molecule has 1 heterocycles. The van der Waals surface area contributed by atoms with Crippen LogP contribution >= 0.6 is 0 Å². The van der Waals surface area contributed by atoms with Gasteiger partial charge in [0.1, 0.15) is 0 Å². The van der Waals surface area contributed by atoms with E-state index >= 15 is 0 Å². The van der Waals surface area contributed by atoms with Crippen LogP contribution < -0.4 is 10.6 Å². The number of hydrogen-bond donors (Lipinski definition) is 3. The lowest BCUT2D eigenvalue weighted by Gasteiger charge is -2.34. The summed E-state index contributed by atoms with van der Waals surface area (Å²) in [6.45, 7) is 4.35. The van der Waals surface area contributed by atoms with E-state index in [2.05, 4.69) is 15.5 Å². The second kappa shape index (κ2) is 9.39. The Balaban J connectivity index is 1.67. The summed E-state index contributed by atoms with van der Waals surface area (Å²) in [5, 5.41) is 15.9. The number of carbonyl (C=O) groups excluding carboxylic acids is 2. The second-order valence-electron chi connectivity index (χ2n) is 6.30. The molecule has 24 heavy (non-hydrogen) atoms. The predicted octanol–water partition coefficient (Wildman–Crippen LogP) is 0.684. The zero-order valence-corrected chi connectivity index (χ0v) is 14.2. The molecule has 0 aliphatic carbocycles. The largest absolute Gasteiger partial charge is 0.388 e. The Bertz CT molecular complexity index is 528. The lowest BCUT2D eigenvalue weighted by molar-refractivity contribution is -0.123. The molecule has 2 amide bonds. The Kier molecular flexibility index (Phi) is 7.21. The van der Waals surface area contributed by atoms with E-state index in [0.717, 1.165) is 31.5 Å². The van der Waals surface area contributed by atoms with E-state index in [1.807, 2.05) is 30.3 Å². The molecule has 0 spiro atoms. The summed E-state index contributed by atoms with van der Waals surface area (Å²) in [4.78, 5) is 24.7. The molecule has 1 atom stereocenters. The second-order valence-corrected chi connectivity index (χ2v) is 6.30. The number of nitrogens with zero attached hydrogens (tertiary/aromatic N) is 1. The van der Waals surface area contributed by atoms with Crippen molar-refractivity contribution in [1.29, 1.82) is 0 Å². The average molecular weight is 333 g/mol. The predicted molar refractivity (Wildman–Crippen MR) is 92.3 cm³/mol. The van der Waals surface area contributed by atoms with E-state index in [1.165, 1.54) is 6.92 Å². The monoisotopic (exact) mass is 333 g/mol. The van der Waals surface area contributed by atoms with E-state index in [-0.39, 0.29) is 17.7 Å². The fourth-order valence-corrected chi connectivity index (χ4v) is 3.05. The molecule has 2 rings (SSSR count). The summed E-state index contributed by atoms with van der Waals surface area (Å²) < 4.78 is 0. The van der Waals surface area contributed by atoms with E-state index in [9.17, 15) is 14.7 Å². The van der Waals surface area contributed by atoms with Gasteiger partial charge in [-0.05, 0) is 37.4 Å². The van der Waals surface area contributed by atoms with Crippen LogP contribution in [0.5, 0.6) is 0 Å². The van der Waals surface area contributed by atoms with E-state index < -0.39 is 6.10 Å². The molecule has 132 valence electrons. The van der Waals surface area contributed by atoms with Gasteiger partial charge in [-0.25, -0.2) is 0 Å². The van der Waals surface area contributed by atoms with Crippen LogP contribution in [0, 0.1) is 5.92 Å². The molecule has 1 aromatic rings. The van der Waals surface area contributed by atoms with Crippen LogP contribution in [0.4, 0.5) is 0 Å². The Labute approximate surface area is 143 Å². The van der Waals surface area contributed by atoms with Crippen LogP contribution in [0.25, 0.3) is 0 Å². The van der Waals surface area contributed by atoms with Crippen molar-refractivity contribution < 1.29 is 14.7 Å². The molecule has 0 bridgehead atoms. The normalized spacial score (nSPS) is 17.2. The van der Waals surface area contributed by atoms with Crippen molar-refractivity contribution in [3.63, 3.8) is 0 Å². The third-order valence-electron chi connectivity index (χ3n) is 4.41. The van der Waals surface area contributed by atoms with Gasteiger partial charge in [-0.15, -0.1) is 0 Å². The first kappa shape index (κ1) is 18.4. The average Bonchev–Trinajstić information content (AvgIpc) is 2.59. The van der Waals surface area contributed by atoms with Crippen molar-refractivity contribution in [2.24, 2.45) is 5.92 Å². The van der Waals surface area contributed by atoms with Gasteiger partial charge < -0.3 is 15.7 Å². The first-order chi connectivity index (χ1) is 11.6. The van der Waals surface area contributed by atoms with Crippen molar-refractivity contribution >= 4 is 11.8 Å². The first-order valence-corrected chi connectivity index (χ1v) is 8.52. The zero-order valence-electron chi connectivity index (χ0n) is 14.2. The lowest BCUT2D eigenvalue weighted by atomic mass is 9.87. The van der Waals surface area contributed by atoms with Crippen LogP contribution in [0.1, 0.15) is 31.4 Å². The molecule has 1 aliphatic heterocycles. The molecule has 6 heteroatoms. The van der Waals surface area contributed by atoms with Crippen LogP contribution in [-0.2, 0) is 9.59 Å². The first-order valence-electron chi connectivity index (χ1n) is 8.52. The number of aliphatic hydroxyl groups excluding tert-OH is 1. The van der Waals surface area contributed by atoms with Gasteiger partial charge in [-0.1, -0.05) is 30.3 Å². The maximum atomic E-state index is 11.9. The van der Waals surface area contributed by atoms with Gasteiger partial charge >= 0.3 is 0 Å². The summed E-state index contributed by atoms with van der Waals surface area (Å²) >= 11 is 0. The minimum Gasteiger partial charge on any atom is -0.388 e. The van der Waals surface area contributed by atoms with Gasteiger partial charge in [0, 0.05) is 20.0 Å². The summed E-state index contributed by atoms with van der Waals surface area (Å²) in [5.41, 5.74) is 0.965. The number of benzene rings is 1. The van der Waals surface area contributed by atoms with Crippen molar-refractivity contribution in [2.45, 2.75) is 25.9 Å². The van der Waals surface area contributed by atoms with Crippen LogP contribution in [0.2, 0.25) is 0 Å². The standard InChI is InChI=1S/C18H27N3O3/c1-14(22)19-9-10-20-17(23)13-21-11-7-16(8-12-21)18(24)15-5-3-2-4-6-15/h2-6,16,18,24H,7-13H2,1H3,(H,19,22)(H,20,23). The summed E-state index contributed by atoms with van der Waals surface area (Å²) in [6, 6.07) is 9.75. The maximum absolute atomic E-state index is 11.9. The number of rotatable bonds is 7. The summed E-state index contributed by atoms with van der Waals surface area (Å²) in [6.07, 6.45) is 1.34.